The van der Waals surface area contributed by atoms with Crippen molar-refractivity contribution in [1.82, 2.24) is 5.32 Å². The van der Waals surface area contributed by atoms with Gasteiger partial charge in [0.2, 0.25) is 0 Å². The van der Waals surface area contributed by atoms with Gasteiger partial charge in [0, 0.05) is 0 Å². The second-order valence-electron chi connectivity index (χ2n) is 5.60. The highest BCUT2D eigenvalue weighted by Crippen LogP contribution is 2.19. The summed E-state index contributed by atoms with van der Waals surface area (Å²) in [5.74, 6) is -0.381. The van der Waals surface area contributed by atoms with E-state index in [2.05, 4.69) is 5.32 Å². The van der Waals surface area contributed by atoms with Gasteiger partial charge in [0.15, 0.2) is 0 Å². The third kappa shape index (κ3) is 4.91. The molecule has 0 radical (unpaired) electrons. The van der Waals surface area contributed by atoms with Crippen LogP contribution in [0.15, 0.2) is 24.3 Å². The van der Waals surface area contributed by atoms with Crippen LogP contribution in [-0.2, 0) is 4.74 Å². The summed E-state index contributed by atoms with van der Waals surface area (Å²) < 4.78 is 5.32. The van der Waals surface area contributed by atoms with Gasteiger partial charge >= 0.3 is 12.0 Å². The van der Waals surface area contributed by atoms with Crippen LogP contribution in [0.3, 0.4) is 0 Å². The number of hydrogen-bond acceptors (Lipinski definition) is 3. The van der Waals surface area contributed by atoms with Gasteiger partial charge in [-0.3, -0.25) is 0 Å². The molecule has 0 aliphatic heterocycles. The molecule has 110 valence electrons. The second kappa shape index (κ2) is 6.41. The third-order valence-electron chi connectivity index (χ3n) is 2.65. The molecule has 0 saturated heterocycles. The van der Waals surface area contributed by atoms with Crippen molar-refractivity contribution in [2.75, 3.05) is 0 Å². The predicted octanol–water partition coefficient (Wildman–Crippen LogP) is 2.76. The number of benzene rings is 1. The van der Waals surface area contributed by atoms with E-state index in [1.807, 2.05) is 33.8 Å². The maximum atomic E-state index is 12.0. The highest BCUT2D eigenvalue weighted by molar-refractivity contribution is 5.90. The fraction of sp³-hybridized carbons (Fsp3) is 0.467. The summed E-state index contributed by atoms with van der Waals surface area (Å²) in [7, 11) is 0. The maximum Gasteiger partial charge on any atom is 0.338 e. The minimum Gasteiger partial charge on any atom is -0.456 e. The molecule has 2 amide bonds. The van der Waals surface area contributed by atoms with Gasteiger partial charge in [-0.25, -0.2) is 9.59 Å². The number of esters is 1. The van der Waals surface area contributed by atoms with Crippen LogP contribution in [0, 0.1) is 0 Å². The largest absolute Gasteiger partial charge is 0.456 e. The van der Waals surface area contributed by atoms with E-state index in [1.165, 1.54) is 0 Å². The normalized spacial score (nSPS) is 12.6. The summed E-state index contributed by atoms with van der Waals surface area (Å²) in [6, 6.07) is 6.22. The maximum absolute atomic E-state index is 12.0. The predicted molar refractivity (Wildman–Crippen MR) is 77.4 cm³/mol. The highest BCUT2D eigenvalue weighted by atomic mass is 16.6. The summed E-state index contributed by atoms with van der Waals surface area (Å²) in [6.07, 6.45) is 0.681. The fourth-order valence-corrected chi connectivity index (χ4v) is 1.81. The monoisotopic (exact) mass is 278 g/mol. The van der Waals surface area contributed by atoms with Gasteiger partial charge < -0.3 is 15.8 Å². The first-order chi connectivity index (χ1) is 9.23. The van der Waals surface area contributed by atoms with Crippen LogP contribution in [0.4, 0.5) is 4.79 Å². The first-order valence-corrected chi connectivity index (χ1v) is 6.62. The minimum atomic E-state index is -0.584. The van der Waals surface area contributed by atoms with Crippen molar-refractivity contribution in [3.63, 3.8) is 0 Å². The lowest BCUT2D eigenvalue weighted by Gasteiger charge is -2.20. The second-order valence-corrected chi connectivity index (χ2v) is 5.60. The van der Waals surface area contributed by atoms with Crippen molar-refractivity contribution in [2.45, 2.75) is 45.8 Å². The molecule has 1 aromatic rings. The molecule has 0 saturated carbocycles. The first-order valence-electron chi connectivity index (χ1n) is 6.62. The molecule has 5 nitrogen and oxygen atoms in total. The molecule has 0 fully saturated rings. The quantitative estimate of drug-likeness (QED) is 0.831. The molecule has 20 heavy (non-hydrogen) atoms. The summed E-state index contributed by atoms with van der Waals surface area (Å²) in [6.45, 7) is 7.38. The molecule has 0 aliphatic rings. The van der Waals surface area contributed by atoms with Crippen molar-refractivity contribution in [3.8, 4) is 0 Å². The van der Waals surface area contributed by atoms with Gasteiger partial charge in [0.1, 0.15) is 5.60 Å². The average Bonchev–Trinajstić information content (AvgIpc) is 2.34. The van der Waals surface area contributed by atoms with Crippen LogP contribution < -0.4 is 11.1 Å². The summed E-state index contributed by atoms with van der Waals surface area (Å²) in [5, 5.41) is 2.65. The number of hydrogen-bond donors (Lipinski definition) is 2. The molecule has 1 aromatic carbocycles. The number of nitrogens with two attached hydrogens (primary N) is 1. The zero-order chi connectivity index (χ0) is 15.3. The lowest BCUT2D eigenvalue weighted by Crippen LogP contribution is -2.33. The number of rotatable bonds is 4. The highest BCUT2D eigenvalue weighted by Gasteiger charge is 2.19. The van der Waals surface area contributed by atoms with E-state index in [4.69, 9.17) is 10.5 Å². The molecule has 0 bridgehead atoms. The van der Waals surface area contributed by atoms with Crippen LogP contribution in [-0.4, -0.2) is 17.6 Å². The fourth-order valence-electron chi connectivity index (χ4n) is 1.81. The van der Waals surface area contributed by atoms with Crippen molar-refractivity contribution in [1.29, 1.82) is 0 Å². The molecular weight excluding hydrogens is 256 g/mol. The van der Waals surface area contributed by atoms with E-state index in [9.17, 15) is 9.59 Å². The molecule has 0 aliphatic carbocycles. The van der Waals surface area contributed by atoms with Crippen LogP contribution in [0.1, 0.15) is 56.1 Å². The molecule has 1 rings (SSSR count). The first kappa shape index (κ1) is 16.0. The molecule has 1 atom stereocenters. The van der Waals surface area contributed by atoms with Crippen LogP contribution in [0.2, 0.25) is 0 Å². The number of carbonyl (C=O) groups is 2. The number of ether oxygens (including phenoxy) is 1. The topological polar surface area (TPSA) is 81.4 Å². The van der Waals surface area contributed by atoms with Gasteiger partial charge in [-0.15, -0.1) is 0 Å². The lowest BCUT2D eigenvalue weighted by atomic mass is 10.0. The summed E-state index contributed by atoms with van der Waals surface area (Å²) >= 11 is 0. The van der Waals surface area contributed by atoms with Gasteiger partial charge in [0.25, 0.3) is 0 Å². The Bertz CT molecular complexity index is 492. The molecular formula is C15H22N2O3. The summed E-state index contributed by atoms with van der Waals surface area (Å²) in [4.78, 5) is 23.0. The number of urea groups is 1. The van der Waals surface area contributed by atoms with Gasteiger partial charge in [-0.05, 0) is 44.9 Å². The zero-order valence-corrected chi connectivity index (χ0v) is 12.4. The Morgan fingerprint density at radius 2 is 2.00 bits per heavy atom. The average molecular weight is 278 g/mol. The van der Waals surface area contributed by atoms with E-state index in [1.54, 1.807) is 18.2 Å². The Kier molecular flexibility index (Phi) is 5.13. The lowest BCUT2D eigenvalue weighted by molar-refractivity contribution is 0.00694. The van der Waals surface area contributed by atoms with Crippen molar-refractivity contribution >= 4 is 12.0 Å². The molecule has 5 heteroatoms. The molecule has 0 aromatic heterocycles. The molecule has 1 unspecified atom stereocenters. The Morgan fingerprint density at radius 1 is 1.35 bits per heavy atom. The van der Waals surface area contributed by atoms with Crippen molar-refractivity contribution < 1.29 is 14.3 Å². The van der Waals surface area contributed by atoms with E-state index >= 15 is 0 Å². The summed E-state index contributed by atoms with van der Waals surface area (Å²) in [5.41, 5.74) is 5.90. The number of primary amides is 1. The van der Waals surface area contributed by atoms with Gasteiger partial charge in [-0.2, -0.15) is 0 Å². The number of nitrogens with one attached hydrogen (secondary N) is 1. The smallest absolute Gasteiger partial charge is 0.338 e. The zero-order valence-electron chi connectivity index (χ0n) is 12.4. The molecule has 0 heterocycles. The SMILES string of the molecule is CCC(NC(N)=O)c1cccc(C(=O)OC(C)(C)C)c1. The van der Waals surface area contributed by atoms with Gasteiger partial charge in [0.05, 0.1) is 11.6 Å². The molecule has 3 N–H and O–H groups in total. The Balaban J connectivity index is 2.94. The standard InChI is InChI=1S/C15H22N2O3/c1-5-12(17-14(16)19)10-7-6-8-11(9-10)13(18)20-15(2,3)4/h6-9,12H,5H2,1-4H3,(H3,16,17,19). The van der Waals surface area contributed by atoms with Crippen molar-refractivity contribution in [3.05, 3.63) is 35.4 Å². The number of amides is 2. The van der Waals surface area contributed by atoms with E-state index in [0.29, 0.717) is 12.0 Å². The van der Waals surface area contributed by atoms with E-state index < -0.39 is 11.6 Å². The molecule has 0 spiro atoms. The Labute approximate surface area is 119 Å². The van der Waals surface area contributed by atoms with Crippen LogP contribution in [0.5, 0.6) is 0 Å². The van der Waals surface area contributed by atoms with Crippen LogP contribution in [0.25, 0.3) is 0 Å². The Morgan fingerprint density at radius 3 is 2.50 bits per heavy atom. The van der Waals surface area contributed by atoms with E-state index in [0.717, 1.165) is 5.56 Å². The van der Waals surface area contributed by atoms with Gasteiger partial charge in [-0.1, -0.05) is 19.1 Å². The van der Waals surface area contributed by atoms with E-state index in [-0.39, 0.29) is 12.0 Å². The van der Waals surface area contributed by atoms with Crippen molar-refractivity contribution in [2.24, 2.45) is 5.73 Å². The third-order valence-corrected chi connectivity index (χ3v) is 2.65. The Hall–Kier alpha value is -2.04. The minimum absolute atomic E-state index is 0.213. The van der Waals surface area contributed by atoms with Crippen LogP contribution >= 0.6 is 0 Å². The number of carbonyl (C=O) groups excluding carboxylic acids is 2.